The van der Waals surface area contributed by atoms with E-state index in [0.29, 0.717) is 11.2 Å². The molecule has 6 heteroatoms. The van der Waals surface area contributed by atoms with Crippen molar-refractivity contribution in [1.29, 1.82) is 0 Å². The van der Waals surface area contributed by atoms with Crippen molar-refractivity contribution in [2.24, 2.45) is 10.9 Å². The van der Waals surface area contributed by atoms with Gasteiger partial charge in [-0.05, 0) is 25.0 Å². The van der Waals surface area contributed by atoms with Crippen molar-refractivity contribution in [2.75, 3.05) is 52.5 Å². The Balaban J connectivity index is 1.74. The zero-order valence-corrected chi connectivity index (χ0v) is 17.2. The molecule has 2 atom stereocenters. The van der Waals surface area contributed by atoms with Gasteiger partial charge in [0.15, 0.2) is 5.96 Å². The SMILES string of the molecule is CCNC(=NCC(C)CN1CCOCC1)NCC(C)Sc1ccccc1. The fourth-order valence-electron chi connectivity index (χ4n) is 2.88. The standard InChI is InChI=1S/C20H34N4OS/c1-4-21-20(22-14-17(2)16-24-10-12-25-13-11-24)23-15-18(3)26-19-8-6-5-7-9-19/h5-9,17-18H,4,10-16H2,1-3H3,(H2,21,22,23). The topological polar surface area (TPSA) is 48.9 Å². The fraction of sp³-hybridized carbons (Fsp3) is 0.650. The number of benzene rings is 1. The van der Waals surface area contributed by atoms with E-state index in [9.17, 15) is 0 Å². The summed E-state index contributed by atoms with van der Waals surface area (Å²) in [6, 6.07) is 10.6. The number of guanidine groups is 1. The highest BCUT2D eigenvalue weighted by Gasteiger charge is 2.13. The maximum Gasteiger partial charge on any atom is 0.191 e. The van der Waals surface area contributed by atoms with Crippen molar-refractivity contribution in [3.63, 3.8) is 0 Å². The van der Waals surface area contributed by atoms with Crippen molar-refractivity contribution in [3.05, 3.63) is 30.3 Å². The number of ether oxygens (including phenoxy) is 1. The molecule has 0 spiro atoms. The van der Waals surface area contributed by atoms with E-state index in [0.717, 1.165) is 58.4 Å². The summed E-state index contributed by atoms with van der Waals surface area (Å²) >= 11 is 1.89. The monoisotopic (exact) mass is 378 g/mol. The van der Waals surface area contributed by atoms with Crippen LogP contribution in [0.4, 0.5) is 0 Å². The first-order chi connectivity index (χ1) is 12.7. The van der Waals surface area contributed by atoms with Crippen molar-refractivity contribution in [1.82, 2.24) is 15.5 Å². The predicted molar refractivity (Wildman–Crippen MR) is 112 cm³/mol. The molecule has 2 rings (SSSR count). The molecule has 1 aromatic carbocycles. The average Bonchev–Trinajstić information content (AvgIpc) is 2.65. The fourth-order valence-corrected chi connectivity index (χ4v) is 3.83. The number of hydrogen-bond acceptors (Lipinski definition) is 4. The van der Waals surface area contributed by atoms with Crippen LogP contribution in [0.25, 0.3) is 0 Å². The molecule has 0 aromatic heterocycles. The normalized spacial score (nSPS) is 18.3. The molecule has 0 amide bonds. The van der Waals surface area contributed by atoms with E-state index in [4.69, 9.17) is 9.73 Å². The van der Waals surface area contributed by atoms with Crippen LogP contribution in [0.2, 0.25) is 0 Å². The number of rotatable bonds is 9. The number of aliphatic imine (C=N–C) groups is 1. The highest BCUT2D eigenvalue weighted by atomic mass is 32.2. The Morgan fingerprint density at radius 1 is 1.19 bits per heavy atom. The molecule has 26 heavy (non-hydrogen) atoms. The van der Waals surface area contributed by atoms with E-state index in [1.54, 1.807) is 0 Å². The van der Waals surface area contributed by atoms with Crippen LogP contribution in [-0.4, -0.2) is 68.6 Å². The van der Waals surface area contributed by atoms with Crippen molar-refractivity contribution in [3.8, 4) is 0 Å². The van der Waals surface area contributed by atoms with Crippen molar-refractivity contribution in [2.45, 2.75) is 30.9 Å². The number of hydrogen-bond donors (Lipinski definition) is 2. The molecule has 0 saturated carbocycles. The summed E-state index contributed by atoms with van der Waals surface area (Å²) in [4.78, 5) is 8.57. The minimum atomic E-state index is 0.479. The van der Waals surface area contributed by atoms with Gasteiger partial charge in [-0.25, -0.2) is 0 Å². The quantitative estimate of drug-likeness (QED) is 0.393. The van der Waals surface area contributed by atoms with Gasteiger partial charge in [-0.3, -0.25) is 9.89 Å². The number of nitrogens with one attached hydrogen (secondary N) is 2. The summed E-state index contributed by atoms with van der Waals surface area (Å²) < 4.78 is 5.42. The molecule has 0 aliphatic carbocycles. The highest BCUT2D eigenvalue weighted by molar-refractivity contribution is 8.00. The van der Waals surface area contributed by atoms with Crippen LogP contribution in [0.15, 0.2) is 40.2 Å². The van der Waals surface area contributed by atoms with E-state index in [-0.39, 0.29) is 0 Å². The zero-order valence-electron chi connectivity index (χ0n) is 16.4. The summed E-state index contributed by atoms with van der Waals surface area (Å²) in [5.41, 5.74) is 0. The van der Waals surface area contributed by atoms with Crippen LogP contribution in [0, 0.1) is 5.92 Å². The van der Waals surface area contributed by atoms with Gasteiger partial charge in [-0.15, -0.1) is 11.8 Å². The highest BCUT2D eigenvalue weighted by Crippen LogP contribution is 2.21. The molecule has 1 fully saturated rings. The van der Waals surface area contributed by atoms with E-state index >= 15 is 0 Å². The van der Waals surface area contributed by atoms with Gasteiger partial charge < -0.3 is 15.4 Å². The average molecular weight is 379 g/mol. The third-order valence-corrected chi connectivity index (χ3v) is 5.33. The Kier molecular flexibility index (Phi) is 9.89. The minimum absolute atomic E-state index is 0.479. The summed E-state index contributed by atoms with van der Waals surface area (Å²) in [7, 11) is 0. The van der Waals surface area contributed by atoms with Crippen LogP contribution in [-0.2, 0) is 4.74 Å². The lowest BCUT2D eigenvalue weighted by Gasteiger charge is -2.28. The zero-order chi connectivity index (χ0) is 18.6. The number of thioether (sulfide) groups is 1. The van der Waals surface area contributed by atoms with Gasteiger partial charge in [0.25, 0.3) is 0 Å². The van der Waals surface area contributed by atoms with Gasteiger partial charge in [0.2, 0.25) is 0 Å². The van der Waals surface area contributed by atoms with Crippen LogP contribution in [0.3, 0.4) is 0 Å². The Bertz CT molecular complexity index is 520. The summed E-state index contributed by atoms with van der Waals surface area (Å²) in [5, 5.41) is 7.32. The second-order valence-electron chi connectivity index (χ2n) is 6.86. The van der Waals surface area contributed by atoms with Crippen molar-refractivity contribution < 1.29 is 4.74 Å². The molecule has 1 aliphatic heterocycles. The van der Waals surface area contributed by atoms with Gasteiger partial charge in [0, 0.05) is 49.4 Å². The molecule has 1 aliphatic rings. The van der Waals surface area contributed by atoms with Crippen molar-refractivity contribution >= 4 is 17.7 Å². The Morgan fingerprint density at radius 2 is 1.92 bits per heavy atom. The first-order valence-corrected chi connectivity index (χ1v) is 10.6. The lowest BCUT2D eigenvalue weighted by Crippen LogP contribution is -2.41. The Labute approximate surface area is 163 Å². The molecule has 1 saturated heterocycles. The molecule has 0 radical (unpaired) electrons. The summed E-state index contributed by atoms with van der Waals surface area (Å²) in [6.07, 6.45) is 0. The number of nitrogens with zero attached hydrogens (tertiary/aromatic N) is 2. The van der Waals surface area contributed by atoms with Gasteiger partial charge in [-0.2, -0.15) is 0 Å². The number of morpholine rings is 1. The molecule has 2 N–H and O–H groups in total. The maximum absolute atomic E-state index is 5.42. The molecular weight excluding hydrogens is 344 g/mol. The predicted octanol–water partition coefficient (Wildman–Crippen LogP) is 2.69. The van der Waals surface area contributed by atoms with Gasteiger partial charge in [-0.1, -0.05) is 32.0 Å². The summed E-state index contributed by atoms with van der Waals surface area (Å²) in [6.45, 7) is 14.1. The van der Waals surface area contributed by atoms with Crippen LogP contribution >= 0.6 is 11.8 Å². The van der Waals surface area contributed by atoms with E-state index in [1.165, 1.54) is 4.90 Å². The Hall–Kier alpha value is -1.24. The first-order valence-electron chi connectivity index (χ1n) is 9.71. The first kappa shape index (κ1) is 21.1. The van der Waals surface area contributed by atoms with E-state index in [1.807, 2.05) is 11.8 Å². The smallest absolute Gasteiger partial charge is 0.191 e. The largest absolute Gasteiger partial charge is 0.379 e. The molecule has 1 aromatic rings. The molecule has 5 nitrogen and oxygen atoms in total. The third-order valence-electron chi connectivity index (χ3n) is 4.22. The second-order valence-corrected chi connectivity index (χ2v) is 8.37. The van der Waals surface area contributed by atoms with Crippen LogP contribution in [0.1, 0.15) is 20.8 Å². The Morgan fingerprint density at radius 3 is 2.62 bits per heavy atom. The molecule has 1 heterocycles. The van der Waals surface area contributed by atoms with Gasteiger partial charge in [0.05, 0.1) is 13.2 Å². The molecular formula is C20H34N4OS. The van der Waals surface area contributed by atoms with Crippen LogP contribution in [0.5, 0.6) is 0 Å². The third kappa shape index (κ3) is 8.43. The second kappa shape index (κ2) is 12.2. The van der Waals surface area contributed by atoms with E-state index in [2.05, 4.69) is 66.6 Å². The minimum Gasteiger partial charge on any atom is -0.379 e. The lowest BCUT2D eigenvalue weighted by atomic mass is 10.1. The van der Waals surface area contributed by atoms with E-state index < -0.39 is 0 Å². The summed E-state index contributed by atoms with van der Waals surface area (Å²) in [5.74, 6) is 1.46. The molecule has 0 bridgehead atoms. The van der Waals surface area contributed by atoms with Crippen LogP contribution < -0.4 is 10.6 Å². The van der Waals surface area contributed by atoms with Gasteiger partial charge >= 0.3 is 0 Å². The lowest BCUT2D eigenvalue weighted by molar-refractivity contribution is 0.0323. The van der Waals surface area contributed by atoms with Gasteiger partial charge in [0.1, 0.15) is 0 Å². The molecule has 2 unspecified atom stereocenters. The molecule has 146 valence electrons. The maximum atomic E-state index is 5.42.